The van der Waals surface area contributed by atoms with Crippen molar-refractivity contribution in [1.82, 2.24) is 14.9 Å². The van der Waals surface area contributed by atoms with Gasteiger partial charge >= 0.3 is 0 Å². The summed E-state index contributed by atoms with van der Waals surface area (Å²) in [6, 6.07) is 14.0. The number of aromatic nitrogens is 2. The predicted octanol–water partition coefficient (Wildman–Crippen LogP) is 4.33. The number of piperidine rings is 1. The van der Waals surface area contributed by atoms with Gasteiger partial charge in [0, 0.05) is 30.4 Å². The molecule has 5 rings (SSSR count). The van der Waals surface area contributed by atoms with Crippen LogP contribution in [0.3, 0.4) is 0 Å². The number of ether oxygens (including phenoxy) is 2. The van der Waals surface area contributed by atoms with E-state index in [4.69, 9.17) is 13.9 Å². The van der Waals surface area contributed by atoms with Gasteiger partial charge in [0.2, 0.25) is 5.88 Å². The van der Waals surface area contributed by atoms with Gasteiger partial charge in [0.15, 0.2) is 6.10 Å². The third-order valence-electron chi connectivity index (χ3n) is 6.47. The van der Waals surface area contributed by atoms with Crippen molar-refractivity contribution in [3.8, 4) is 11.6 Å². The molecular weight excluding hydrogens is 446 g/mol. The molecule has 1 saturated heterocycles. The molecule has 35 heavy (non-hydrogen) atoms. The average molecular weight is 474 g/mol. The molecule has 8 nitrogen and oxygen atoms in total. The lowest BCUT2D eigenvalue weighted by atomic mass is 9.91. The highest BCUT2D eigenvalue weighted by atomic mass is 16.5. The highest BCUT2D eigenvalue weighted by molar-refractivity contribution is 5.96. The van der Waals surface area contributed by atoms with Crippen LogP contribution in [0.1, 0.15) is 35.8 Å². The zero-order valence-corrected chi connectivity index (χ0v) is 19.7. The first kappa shape index (κ1) is 22.7. The summed E-state index contributed by atoms with van der Waals surface area (Å²) >= 11 is 0. The summed E-state index contributed by atoms with van der Waals surface area (Å²) in [5.74, 6) is 1.30. The lowest BCUT2D eigenvalue weighted by Gasteiger charge is -2.31. The van der Waals surface area contributed by atoms with Crippen LogP contribution in [0.5, 0.6) is 11.6 Å². The summed E-state index contributed by atoms with van der Waals surface area (Å²) in [5.41, 5.74) is 4.40. The number of fused-ring (bicyclic) bond motifs is 1. The first-order valence-corrected chi connectivity index (χ1v) is 11.5. The lowest BCUT2D eigenvalue weighted by Crippen LogP contribution is -2.39. The number of nitrogens with one attached hydrogen (secondary N) is 1. The number of likely N-dealkylation sites (tertiary alicyclic amines) is 1. The molecule has 0 bridgehead atoms. The summed E-state index contributed by atoms with van der Waals surface area (Å²) < 4.78 is 16.5. The van der Waals surface area contributed by atoms with E-state index in [1.165, 1.54) is 26.0 Å². The van der Waals surface area contributed by atoms with Gasteiger partial charge in [-0.15, -0.1) is 0 Å². The summed E-state index contributed by atoms with van der Waals surface area (Å²) in [7, 11) is 3.04. The Morgan fingerprint density at radius 2 is 1.89 bits per heavy atom. The standard InChI is InChI=1S/C27H27N3O5/c1-33-21-16-29-26(34-2)24-23(21)19(15-28-24)25(31)27(32)30-12-10-18(11-13-30)22(20-9-6-14-35-20)17-7-4-3-5-8-17/h3-9,14-16,25,28,31H,10-13H2,1-2H3. The van der Waals surface area contributed by atoms with E-state index in [-0.39, 0.29) is 5.91 Å². The van der Waals surface area contributed by atoms with Crippen LogP contribution >= 0.6 is 0 Å². The molecule has 1 aromatic carbocycles. The third kappa shape index (κ3) is 4.17. The predicted molar refractivity (Wildman–Crippen MR) is 131 cm³/mol. The van der Waals surface area contributed by atoms with Gasteiger partial charge in [-0.25, -0.2) is 4.98 Å². The third-order valence-corrected chi connectivity index (χ3v) is 6.47. The van der Waals surface area contributed by atoms with Gasteiger partial charge in [-0.3, -0.25) is 4.79 Å². The van der Waals surface area contributed by atoms with Gasteiger partial charge < -0.3 is 28.9 Å². The van der Waals surface area contributed by atoms with Gasteiger partial charge in [-0.2, -0.15) is 0 Å². The number of carbonyl (C=O) groups is 1. The number of nitrogens with zero attached hydrogens (tertiary/aromatic N) is 2. The summed E-state index contributed by atoms with van der Waals surface area (Å²) in [6.45, 7) is 1.01. The Hall–Kier alpha value is -4.04. The van der Waals surface area contributed by atoms with Crippen molar-refractivity contribution < 1.29 is 23.8 Å². The molecule has 1 atom stereocenters. The quantitative estimate of drug-likeness (QED) is 0.432. The van der Waals surface area contributed by atoms with E-state index < -0.39 is 6.10 Å². The number of aliphatic hydroxyl groups is 1. The molecule has 1 unspecified atom stereocenters. The number of carbonyl (C=O) groups excluding carboxylic acids is 1. The number of aromatic amines is 1. The van der Waals surface area contributed by atoms with Crippen molar-refractivity contribution >= 4 is 22.4 Å². The number of methoxy groups -OCH3 is 2. The highest BCUT2D eigenvalue weighted by Gasteiger charge is 2.30. The molecule has 0 radical (unpaired) electrons. The highest BCUT2D eigenvalue weighted by Crippen LogP contribution is 2.37. The lowest BCUT2D eigenvalue weighted by molar-refractivity contribution is -0.140. The molecule has 3 aromatic heterocycles. The normalized spacial score (nSPS) is 14.7. The van der Waals surface area contributed by atoms with Crippen molar-refractivity contribution in [3.05, 3.63) is 83.6 Å². The largest absolute Gasteiger partial charge is 0.494 e. The zero-order chi connectivity index (χ0) is 24.4. The van der Waals surface area contributed by atoms with Crippen molar-refractivity contribution in [2.24, 2.45) is 0 Å². The maximum absolute atomic E-state index is 13.3. The van der Waals surface area contributed by atoms with Crippen LogP contribution in [0.25, 0.3) is 16.5 Å². The SMILES string of the molecule is COc1ncc(OC)c2c(C(O)C(=O)N3CCC(=C(c4ccccc4)c4ccco4)CC3)c[nH]c12. The molecule has 1 fully saturated rings. The first-order valence-electron chi connectivity index (χ1n) is 11.5. The van der Waals surface area contributed by atoms with E-state index in [9.17, 15) is 9.90 Å². The fraction of sp³-hybridized carbons (Fsp3) is 0.259. The van der Waals surface area contributed by atoms with E-state index in [0.717, 1.165) is 16.9 Å². The number of benzene rings is 1. The minimum atomic E-state index is -1.34. The first-order chi connectivity index (χ1) is 17.1. The van der Waals surface area contributed by atoms with Crippen LogP contribution in [-0.4, -0.2) is 53.2 Å². The fourth-order valence-corrected chi connectivity index (χ4v) is 4.74. The molecule has 8 heteroatoms. The summed E-state index contributed by atoms with van der Waals surface area (Å²) in [4.78, 5) is 22.3. The summed E-state index contributed by atoms with van der Waals surface area (Å²) in [5, 5.41) is 11.6. The Kier molecular flexibility index (Phi) is 6.29. The average Bonchev–Trinajstić information content (AvgIpc) is 3.59. The minimum Gasteiger partial charge on any atom is -0.494 e. The van der Waals surface area contributed by atoms with E-state index in [2.05, 4.69) is 22.1 Å². The molecule has 180 valence electrons. The van der Waals surface area contributed by atoms with E-state index in [1.807, 2.05) is 30.3 Å². The van der Waals surface area contributed by atoms with Crippen molar-refractivity contribution in [2.45, 2.75) is 18.9 Å². The zero-order valence-electron chi connectivity index (χ0n) is 19.7. The molecular formula is C27H27N3O5. The van der Waals surface area contributed by atoms with Crippen LogP contribution in [0.15, 0.2) is 71.1 Å². The Bertz CT molecular complexity index is 1350. The molecule has 0 aliphatic carbocycles. The molecule has 0 saturated carbocycles. The molecule has 1 aliphatic heterocycles. The van der Waals surface area contributed by atoms with Gasteiger partial charge in [0.05, 0.1) is 32.1 Å². The van der Waals surface area contributed by atoms with E-state index in [1.54, 1.807) is 17.4 Å². The number of rotatable bonds is 6. The van der Waals surface area contributed by atoms with Crippen LogP contribution in [-0.2, 0) is 4.79 Å². The van der Waals surface area contributed by atoms with Crippen LogP contribution < -0.4 is 9.47 Å². The van der Waals surface area contributed by atoms with Crippen LogP contribution in [0, 0.1) is 0 Å². The monoisotopic (exact) mass is 473 g/mol. The van der Waals surface area contributed by atoms with Gasteiger partial charge in [0.25, 0.3) is 5.91 Å². The van der Waals surface area contributed by atoms with Gasteiger partial charge in [-0.1, -0.05) is 35.9 Å². The van der Waals surface area contributed by atoms with Crippen LogP contribution in [0.2, 0.25) is 0 Å². The molecule has 1 amide bonds. The topological polar surface area (TPSA) is 101 Å². The number of furan rings is 1. The molecule has 2 N–H and O–H groups in total. The molecule has 4 aromatic rings. The number of hydrogen-bond acceptors (Lipinski definition) is 6. The Morgan fingerprint density at radius 3 is 2.54 bits per heavy atom. The number of aliphatic hydroxyl groups excluding tert-OH is 1. The number of pyridine rings is 1. The second kappa shape index (κ2) is 9.68. The van der Waals surface area contributed by atoms with E-state index in [0.29, 0.717) is 54.0 Å². The summed E-state index contributed by atoms with van der Waals surface area (Å²) in [6.07, 6.45) is 4.85. The number of hydrogen-bond donors (Lipinski definition) is 2. The maximum Gasteiger partial charge on any atom is 0.256 e. The van der Waals surface area contributed by atoms with Crippen molar-refractivity contribution in [3.63, 3.8) is 0 Å². The fourth-order valence-electron chi connectivity index (χ4n) is 4.74. The molecule has 0 spiro atoms. The number of H-pyrrole nitrogens is 1. The van der Waals surface area contributed by atoms with Gasteiger partial charge in [-0.05, 0) is 30.5 Å². The second-order valence-corrected chi connectivity index (χ2v) is 8.38. The van der Waals surface area contributed by atoms with Crippen LogP contribution in [0.4, 0.5) is 0 Å². The second-order valence-electron chi connectivity index (χ2n) is 8.38. The van der Waals surface area contributed by atoms with Crippen molar-refractivity contribution in [2.75, 3.05) is 27.3 Å². The Labute approximate surface area is 202 Å². The molecule has 1 aliphatic rings. The Morgan fingerprint density at radius 1 is 1.11 bits per heavy atom. The maximum atomic E-state index is 13.3. The Balaban J connectivity index is 1.40. The minimum absolute atomic E-state index is 0.345. The van der Waals surface area contributed by atoms with Gasteiger partial charge in [0.1, 0.15) is 17.0 Å². The number of amides is 1. The van der Waals surface area contributed by atoms with Crippen molar-refractivity contribution in [1.29, 1.82) is 0 Å². The smallest absolute Gasteiger partial charge is 0.256 e. The van der Waals surface area contributed by atoms with E-state index >= 15 is 0 Å². The molecule has 4 heterocycles.